The molecular weight excluding hydrogens is 642 g/mol. The van der Waals surface area contributed by atoms with Gasteiger partial charge in [0.15, 0.2) is 0 Å². The van der Waals surface area contributed by atoms with E-state index in [4.69, 9.17) is 14.2 Å². The molecule has 0 heterocycles. The van der Waals surface area contributed by atoms with Crippen LogP contribution in [-0.4, -0.2) is 74.0 Å². The van der Waals surface area contributed by atoms with Crippen LogP contribution in [0.3, 0.4) is 0 Å². The molecular formula is C43H83NO7. The smallest absolute Gasteiger partial charge is 0.306 e. The van der Waals surface area contributed by atoms with Crippen LogP contribution in [0.5, 0.6) is 0 Å². The number of ether oxygens (including phenoxy) is 3. The number of carbonyl (C=O) groups excluding carboxylic acids is 3. The Bertz CT molecular complexity index is 763. The lowest BCUT2D eigenvalue weighted by molar-refractivity contribution is -0.150. The van der Waals surface area contributed by atoms with Crippen molar-refractivity contribution in [3.63, 3.8) is 0 Å². The molecule has 8 heteroatoms. The lowest BCUT2D eigenvalue weighted by Gasteiger charge is -2.21. The number of aliphatic hydroxyl groups is 1. The van der Waals surface area contributed by atoms with Gasteiger partial charge in [0.1, 0.15) is 0 Å². The summed E-state index contributed by atoms with van der Waals surface area (Å²) in [6.07, 6.45) is 34.2. The van der Waals surface area contributed by atoms with Crippen molar-refractivity contribution in [1.82, 2.24) is 4.90 Å². The predicted octanol–water partition coefficient (Wildman–Crippen LogP) is 11.0. The number of hydrogen-bond donors (Lipinski definition) is 1. The second-order valence-corrected chi connectivity index (χ2v) is 14.7. The van der Waals surface area contributed by atoms with Gasteiger partial charge in [0, 0.05) is 13.0 Å². The van der Waals surface area contributed by atoms with Crippen molar-refractivity contribution in [2.75, 3.05) is 46.1 Å². The van der Waals surface area contributed by atoms with E-state index in [0.717, 1.165) is 109 Å². The van der Waals surface area contributed by atoms with E-state index in [-0.39, 0.29) is 37.4 Å². The van der Waals surface area contributed by atoms with Gasteiger partial charge in [0.2, 0.25) is 0 Å². The van der Waals surface area contributed by atoms with E-state index in [1.807, 2.05) is 0 Å². The monoisotopic (exact) mass is 726 g/mol. The summed E-state index contributed by atoms with van der Waals surface area (Å²) >= 11 is 0. The molecule has 0 saturated carbocycles. The zero-order valence-corrected chi connectivity index (χ0v) is 33.7. The van der Waals surface area contributed by atoms with Crippen LogP contribution in [0.25, 0.3) is 0 Å². The second-order valence-electron chi connectivity index (χ2n) is 14.7. The first-order valence-electron chi connectivity index (χ1n) is 21.8. The van der Waals surface area contributed by atoms with Crippen molar-refractivity contribution in [3.8, 4) is 0 Å². The van der Waals surface area contributed by atoms with E-state index < -0.39 is 0 Å². The van der Waals surface area contributed by atoms with E-state index in [0.29, 0.717) is 32.8 Å². The number of esters is 3. The van der Waals surface area contributed by atoms with E-state index in [1.165, 1.54) is 83.5 Å². The molecule has 0 atom stereocenters. The molecule has 0 aliphatic carbocycles. The van der Waals surface area contributed by atoms with Gasteiger partial charge in [-0.15, -0.1) is 0 Å². The average molecular weight is 726 g/mol. The summed E-state index contributed by atoms with van der Waals surface area (Å²) in [7, 11) is 0. The highest BCUT2D eigenvalue weighted by molar-refractivity contribution is 5.77. The molecule has 0 aromatic carbocycles. The molecule has 1 N–H and O–H groups in total. The standard InChI is InChI=1S/C43H83NO7/c1-3-5-7-9-10-11-12-13-14-15-16-17-18-23-29-39-49-41(46)31-25-20-19-21-26-34-44(36-37-45)35-27-22-24-30-40-51-43(48)33-32-42(47)50-38-28-8-6-4-2/h45H,3-40H2,1-2H3. The van der Waals surface area contributed by atoms with Crippen molar-refractivity contribution >= 4 is 17.9 Å². The van der Waals surface area contributed by atoms with E-state index in [1.54, 1.807) is 0 Å². The van der Waals surface area contributed by atoms with Crippen LogP contribution in [-0.2, 0) is 28.6 Å². The highest BCUT2D eigenvalue weighted by Gasteiger charge is 2.10. The number of rotatable bonds is 41. The van der Waals surface area contributed by atoms with Gasteiger partial charge < -0.3 is 24.2 Å². The normalized spacial score (nSPS) is 11.3. The third kappa shape index (κ3) is 39.4. The van der Waals surface area contributed by atoms with E-state index >= 15 is 0 Å². The summed E-state index contributed by atoms with van der Waals surface area (Å²) in [5.74, 6) is -0.705. The zero-order valence-electron chi connectivity index (χ0n) is 33.7. The summed E-state index contributed by atoms with van der Waals surface area (Å²) in [4.78, 5) is 38.0. The maximum absolute atomic E-state index is 12.1. The highest BCUT2D eigenvalue weighted by atomic mass is 16.5. The Morgan fingerprint density at radius 1 is 0.373 bits per heavy atom. The maximum Gasteiger partial charge on any atom is 0.306 e. The van der Waals surface area contributed by atoms with Crippen LogP contribution in [0.1, 0.15) is 213 Å². The molecule has 302 valence electrons. The fourth-order valence-electron chi connectivity index (χ4n) is 6.38. The number of unbranched alkanes of at least 4 members (excludes halogenated alkanes) is 24. The predicted molar refractivity (Wildman–Crippen MR) is 211 cm³/mol. The zero-order chi connectivity index (χ0) is 37.3. The van der Waals surface area contributed by atoms with Gasteiger partial charge in [-0.05, 0) is 51.6 Å². The molecule has 0 fully saturated rings. The lowest BCUT2D eigenvalue weighted by atomic mass is 10.0. The summed E-state index contributed by atoms with van der Waals surface area (Å²) in [6, 6.07) is 0. The summed E-state index contributed by atoms with van der Waals surface area (Å²) in [5.41, 5.74) is 0. The molecule has 0 aliphatic rings. The quantitative estimate of drug-likeness (QED) is 0.0377. The molecule has 0 spiro atoms. The van der Waals surface area contributed by atoms with Gasteiger partial charge in [0.25, 0.3) is 0 Å². The fraction of sp³-hybridized carbons (Fsp3) is 0.930. The van der Waals surface area contributed by atoms with Crippen LogP contribution in [0.4, 0.5) is 0 Å². The third-order valence-corrected chi connectivity index (χ3v) is 9.71. The largest absolute Gasteiger partial charge is 0.466 e. The summed E-state index contributed by atoms with van der Waals surface area (Å²) < 4.78 is 15.9. The first-order valence-corrected chi connectivity index (χ1v) is 21.8. The SMILES string of the molecule is CCCCCCCCCCCCCCCCCOC(=O)CCCCCCCN(CCO)CCCCCCOC(=O)CCC(=O)OCCCCCC. The maximum atomic E-state index is 12.1. The Balaban J connectivity index is 3.54. The Morgan fingerprint density at radius 3 is 1.04 bits per heavy atom. The average Bonchev–Trinajstić information content (AvgIpc) is 3.12. The minimum absolute atomic E-state index is 0.0435. The Kier molecular flexibility index (Phi) is 39.7. The Morgan fingerprint density at radius 2 is 0.667 bits per heavy atom. The number of aliphatic hydroxyl groups excluding tert-OH is 1. The molecule has 0 amide bonds. The molecule has 0 aromatic rings. The number of carbonyl (C=O) groups is 3. The molecule has 0 aliphatic heterocycles. The third-order valence-electron chi connectivity index (χ3n) is 9.71. The van der Waals surface area contributed by atoms with Crippen LogP contribution in [0.15, 0.2) is 0 Å². The van der Waals surface area contributed by atoms with Gasteiger partial charge in [-0.3, -0.25) is 14.4 Å². The number of hydrogen-bond acceptors (Lipinski definition) is 8. The molecule has 0 bridgehead atoms. The molecule has 0 aromatic heterocycles. The van der Waals surface area contributed by atoms with Gasteiger partial charge in [0.05, 0.1) is 39.3 Å². The fourth-order valence-corrected chi connectivity index (χ4v) is 6.38. The molecule has 51 heavy (non-hydrogen) atoms. The molecule has 0 unspecified atom stereocenters. The minimum Gasteiger partial charge on any atom is -0.466 e. The molecule has 0 radical (unpaired) electrons. The molecule has 8 nitrogen and oxygen atoms in total. The molecule has 0 rings (SSSR count). The van der Waals surface area contributed by atoms with Gasteiger partial charge in [-0.2, -0.15) is 0 Å². The van der Waals surface area contributed by atoms with E-state index in [9.17, 15) is 19.5 Å². The van der Waals surface area contributed by atoms with Crippen LogP contribution >= 0.6 is 0 Å². The van der Waals surface area contributed by atoms with Gasteiger partial charge in [-0.1, -0.05) is 155 Å². The summed E-state index contributed by atoms with van der Waals surface area (Å²) in [5, 5.41) is 9.46. The first-order chi connectivity index (χ1) is 25.0. The summed E-state index contributed by atoms with van der Waals surface area (Å²) in [6.45, 7) is 8.64. The van der Waals surface area contributed by atoms with Crippen LogP contribution in [0, 0.1) is 0 Å². The van der Waals surface area contributed by atoms with E-state index in [2.05, 4.69) is 18.7 Å². The van der Waals surface area contributed by atoms with Crippen molar-refractivity contribution in [1.29, 1.82) is 0 Å². The van der Waals surface area contributed by atoms with Crippen LogP contribution < -0.4 is 0 Å². The van der Waals surface area contributed by atoms with Crippen molar-refractivity contribution in [2.24, 2.45) is 0 Å². The van der Waals surface area contributed by atoms with Crippen molar-refractivity contribution in [2.45, 2.75) is 213 Å². The topological polar surface area (TPSA) is 102 Å². The highest BCUT2D eigenvalue weighted by Crippen LogP contribution is 2.14. The Hall–Kier alpha value is -1.67. The second kappa shape index (κ2) is 41.1. The van der Waals surface area contributed by atoms with Crippen LogP contribution in [0.2, 0.25) is 0 Å². The Labute approximate surface area is 314 Å². The van der Waals surface area contributed by atoms with Gasteiger partial charge in [-0.25, -0.2) is 0 Å². The van der Waals surface area contributed by atoms with Crippen molar-refractivity contribution in [3.05, 3.63) is 0 Å². The van der Waals surface area contributed by atoms with Crippen molar-refractivity contribution < 1.29 is 33.7 Å². The minimum atomic E-state index is -0.336. The lowest BCUT2D eigenvalue weighted by Crippen LogP contribution is -2.29. The van der Waals surface area contributed by atoms with Gasteiger partial charge >= 0.3 is 17.9 Å². The number of nitrogens with zero attached hydrogens (tertiary/aromatic N) is 1. The first kappa shape index (κ1) is 49.3. The molecule has 0 saturated heterocycles.